The zero-order chi connectivity index (χ0) is 11.4. The Bertz CT molecular complexity index is 481. The molecule has 3 N–H and O–H groups in total. The average Bonchev–Trinajstić information content (AvgIpc) is 2.31. The van der Waals surface area contributed by atoms with Crippen molar-refractivity contribution >= 4 is 17.6 Å². The van der Waals surface area contributed by atoms with E-state index < -0.39 is 0 Å². The Labute approximate surface area is 97.4 Å². The van der Waals surface area contributed by atoms with E-state index in [4.69, 9.17) is 11.1 Å². The first-order valence-corrected chi connectivity index (χ1v) is 5.45. The number of benzene rings is 1. The molecule has 80 valence electrons. The first-order valence-electron chi connectivity index (χ1n) is 4.64. The molecule has 5 heteroatoms. The molecule has 16 heavy (non-hydrogen) atoms. The molecule has 0 aliphatic heterocycles. The van der Waals surface area contributed by atoms with Crippen molar-refractivity contribution in [3.05, 3.63) is 48.4 Å². The van der Waals surface area contributed by atoms with Crippen LogP contribution in [0.4, 0.5) is 0 Å². The first-order chi connectivity index (χ1) is 7.75. The van der Waals surface area contributed by atoms with Crippen molar-refractivity contribution in [3.8, 4) is 0 Å². The highest BCUT2D eigenvalue weighted by Gasteiger charge is 1.99. The summed E-state index contributed by atoms with van der Waals surface area (Å²) in [5, 5.41) is 8.17. The van der Waals surface area contributed by atoms with Crippen LogP contribution < -0.4 is 5.73 Å². The molecule has 1 aromatic heterocycles. The van der Waals surface area contributed by atoms with Gasteiger partial charge in [-0.25, -0.2) is 9.97 Å². The van der Waals surface area contributed by atoms with E-state index in [1.807, 2.05) is 30.3 Å². The lowest BCUT2D eigenvalue weighted by molar-refractivity contribution is 1.05. The van der Waals surface area contributed by atoms with Gasteiger partial charge in [-0.15, -0.1) is 0 Å². The Morgan fingerprint density at radius 1 is 1.19 bits per heavy atom. The van der Waals surface area contributed by atoms with Crippen LogP contribution in [0.1, 0.15) is 5.56 Å². The Kier molecular flexibility index (Phi) is 3.16. The largest absolute Gasteiger partial charge is 0.384 e. The summed E-state index contributed by atoms with van der Waals surface area (Å²) in [6.07, 6.45) is 3.23. The van der Waals surface area contributed by atoms with Crippen LogP contribution in [-0.4, -0.2) is 15.8 Å². The Morgan fingerprint density at radius 2 is 1.94 bits per heavy atom. The van der Waals surface area contributed by atoms with Crippen LogP contribution in [0.2, 0.25) is 0 Å². The first kappa shape index (κ1) is 10.6. The number of amidine groups is 1. The van der Waals surface area contributed by atoms with Crippen molar-refractivity contribution in [2.24, 2.45) is 5.73 Å². The smallest absolute Gasteiger partial charge is 0.122 e. The van der Waals surface area contributed by atoms with E-state index in [9.17, 15) is 0 Å². The fourth-order valence-corrected chi connectivity index (χ4v) is 1.90. The number of hydrogen-bond acceptors (Lipinski definition) is 4. The number of aromatic nitrogens is 2. The molecule has 0 radical (unpaired) electrons. The molecule has 0 saturated heterocycles. The topological polar surface area (TPSA) is 75.7 Å². The summed E-state index contributed by atoms with van der Waals surface area (Å²) in [5.41, 5.74) is 6.10. The zero-order valence-corrected chi connectivity index (χ0v) is 9.24. The average molecular weight is 230 g/mol. The summed E-state index contributed by atoms with van der Waals surface area (Å²) in [4.78, 5) is 9.03. The highest BCUT2D eigenvalue weighted by Crippen LogP contribution is 2.25. The van der Waals surface area contributed by atoms with E-state index in [1.165, 1.54) is 6.33 Å². The molecule has 2 rings (SSSR count). The lowest BCUT2D eigenvalue weighted by atomic mass is 10.2. The van der Waals surface area contributed by atoms with Gasteiger partial charge in [-0.05, 0) is 18.2 Å². The molecule has 2 aromatic rings. The third-order valence-corrected chi connectivity index (χ3v) is 2.90. The molecule has 0 atom stereocenters. The van der Waals surface area contributed by atoms with Crippen molar-refractivity contribution < 1.29 is 0 Å². The van der Waals surface area contributed by atoms with Gasteiger partial charge >= 0.3 is 0 Å². The van der Waals surface area contributed by atoms with E-state index in [0.29, 0.717) is 0 Å². The molecule has 0 unspecified atom stereocenters. The quantitative estimate of drug-likeness (QED) is 0.480. The monoisotopic (exact) mass is 230 g/mol. The number of nitrogens with one attached hydrogen (secondary N) is 1. The molecule has 0 saturated carbocycles. The molecule has 0 bridgehead atoms. The van der Waals surface area contributed by atoms with Crippen LogP contribution in [0.25, 0.3) is 0 Å². The van der Waals surface area contributed by atoms with Crippen LogP contribution in [-0.2, 0) is 0 Å². The fraction of sp³-hybridized carbons (Fsp3) is 0. The van der Waals surface area contributed by atoms with Gasteiger partial charge in [-0.1, -0.05) is 23.9 Å². The van der Waals surface area contributed by atoms with Crippen molar-refractivity contribution in [3.63, 3.8) is 0 Å². The van der Waals surface area contributed by atoms with Crippen molar-refractivity contribution in [1.29, 1.82) is 5.41 Å². The summed E-state index contributed by atoms with van der Waals surface area (Å²) in [6.45, 7) is 0. The van der Waals surface area contributed by atoms with Gasteiger partial charge in [-0.3, -0.25) is 5.41 Å². The van der Waals surface area contributed by atoms with Gasteiger partial charge < -0.3 is 5.73 Å². The van der Waals surface area contributed by atoms with E-state index in [0.717, 1.165) is 15.5 Å². The van der Waals surface area contributed by atoms with Gasteiger partial charge in [0.25, 0.3) is 0 Å². The maximum Gasteiger partial charge on any atom is 0.122 e. The summed E-state index contributed by atoms with van der Waals surface area (Å²) in [6, 6.07) is 9.34. The van der Waals surface area contributed by atoms with Gasteiger partial charge in [0, 0.05) is 16.7 Å². The van der Waals surface area contributed by atoms with E-state index in [2.05, 4.69) is 9.97 Å². The SMILES string of the molecule is N=C(N)c1ccc(Sc2ccncn2)cc1. The lowest BCUT2D eigenvalue weighted by Gasteiger charge is -2.01. The summed E-state index contributed by atoms with van der Waals surface area (Å²) in [5.74, 6) is 0.0820. The summed E-state index contributed by atoms with van der Waals surface area (Å²) < 4.78 is 0. The second-order valence-electron chi connectivity index (χ2n) is 3.09. The highest BCUT2D eigenvalue weighted by atomic mass is 32.2. The zero-order valence-electron chi connectivity index (χ0n) is 8.42. The van der Waals surface area contributed by atoms with E-state index in [1.54, 1.807) is 18.0 Å². The van der Waals surface area contributed by atoms with Crippen LogP contribution >= 0.6 is 11.8 Å². The third kappa shape index (κ3) is 2.58. The van der Waals surface area contributed by atoms with Crippen molar-refractivity contribution in [2.45, 2.75) is 9.92 Å². The Morgan fingerprint density at radius 3 is 2.50 bits per heavy atom. The number of hydrogen-bond donors (Lipinski definition) is 2. The molecule has 0 spiro atoms. The number of nitrogens with two attached hydrogens (primary N) is 1. The van der Waals surface area contributed by atoms with Crippen LogP contribution in [0.15, 0.2) is 52.8 Å². The fourth-order valence-electron chi connectivity index (χ4n) is 1.16. The molecule has 0 aliphatic carbocycles. The maximum absolute atomic E-state index is 7.28. The van der Waals surface area contributed by atoms with Crippen molar-refractivity contribution in [1.82, 2.24) is 9.97 Å². The van der Waals surface area contributed by atoms with E-state index >= 15 is 0 Å². The minimum absolute atomic E-state index is 0.0820. The predicted octanol–water partition coefficient (Wildman–Crippen LogP) is 1.91. The molecular formula is C11H10N4S. The standard InChI is InChI=1S/C11H10N4S/c12-11(13)8-1-3-9(4-2-8)16-10-5-6-14-7-15-10/h1-7H,(H3,12,13). The van der Waals surface area contributed by atoms with Crippen molar-refractivity contribution in [2.75, 3.05) is 0 Å². The molecule has 0 aliphatic rings. The Balaban J connectivity index is 2.14. The van der Waals surface area contributed by atoms with Gasteiger partial charge in [0.1, 0.15) is 17.2 Å². The molecule has 1 aromatic carbocycles. The number of nitrogen functional groups attached to an aromatic ring is 1. The van der Waals surface area contributed by atoms with Gasteiger partial charge in [0.05, 0.1) is 0 Å². The molecule has 4 nitrogen and oxygen atoms in total. The van der Waals surface area contributed by atoms with E-state index in [-0.39, 0.29) is 5.84 Å². The lowest BCUT2D eigenvalue weighted by Crippen LogP contribution is -2.10. The number of nitrogens with zero attached hydrogens (tertiary/aromatic N) is 2. The normalized spacial score (nSPS) is 10.0. The van der Waals surface area contributed by atoms with Crippen LogP contribution in [0.5, 0.6) is 0 Å². The predicted molar refractivity (Wildman–Crippen MR) is 63.6 cm³/mol. The molecule has 1 heterocycles. The molecule has 0 fully saturated rings. The minimum Gasteiger partial charge on any atom is -0.384 e. The second-order valence-corrected chi connectivity index (χ2v) is 4.18. The molecule has 0 amide bonds. The van der Waals surface area contributed by atoms with Gasteiger partial charge in [0.2, 0.25) is 0 Å². The second kappa shape index (κ2) is 4.76. The van der Waals surface area contributed by atoms with Gasteiger partial charge in [-0.2, -0.15) is 0 Å². The van der Waals surface area contributed by atoms with Crippen LogP contribution in [0, 0.1) is 5.41 Å². The highest BCUT2D eigenvalue weighted by molar-refractivity contribution is 7.99. The summed E-state index contributed by atoms with van der Waals surface area (Å²) in [7, 11) is 0. The summed E-state index contributed by atoms with van der Waals surface area (Å²) >= 11 is 1.55. The van der Waals surface area contributed by atoms with Gasteiger partial charge in [0.15, 0.2) is 0 Å². The minimum atomic E-state index is 0.0820. The third-order valence-electron chi connectivity index (χ3n) is 1.94. The maximum atomic E-state index is 7.28. The Hall–Kier alpha value is -1.88. The van der Waals surface area contributed by atoms with Crippen LogP contribution in [0.3, 0.4) is 0 Å². The molecular weight excluding hydrogens is 220 g/mol. The number of rotatable bonds is 3.